The van der Waals surface area contributed by atoms with Crippen LogP contribution in [0.4, 0.5) is 37.8 Å². The average molecular weight is 646 g/mol. The van der Waals surface area contributed by atoms with Crippen LogP contribution in [0, 0.1) is 0 Å². The summed E-state index contributed by atoms with van der Waals surface area (Å²) >= 11 is 0. The third-order valence-electron chi connectivity index (χ3n) is 7.89. The number of aromatic amines is 1. The van der Waals surface area contributed by atoms with Crippen LogP contribution < -0.4 is 20.1 Å². The Morgan fingerprint density at radius 1 is 0.935 bits per heavy atom. The molecule has 1 N–H and O–H groups in total. The van der Waals surface area contributed by atoms with Gasteiger partial charge >= 0.3 is 12.4 Å². The summed E-state index contributed by atoms with van der Waals surface area (Å²) in [4.78, 5) is 38.3. The van der Waals surface area contributed by atoms with E-state index in [1.807, 2.05) is 5.10 Å². The zero-order valence-electron chi connectivity index (χ0n) is 23.8. The summed E-state index contributed by atoms with van der Waals surface area (Å²) in [5, 5.41) is 5.46. The minimum Gasteiger partial charge on any atom is -0.489 e. The standard InChI is InChI=1S/C30H25F6N7O3/c31-29(32,33)20-5-6-25(38-13-20)41-7-9-42(10-8-41)28(45)19-11-21(14-37-12-19)46-17-24-22-4-2-1-3-18(22)16-43(24)23-15-39-40-27(44)26(23)30(34,35)36/h1-6,11-15,24H,7-10,16-17H2,(H,40,44)/t24-/m1/s1. The number of ether oxygens (including phenoxy) is 1. The topological polar surface area (TPSA) is 108 Å². The summed E-state index contributed by atoms with van der Waals surface area (Å²) < 4.78 is 86.3. The van der Waals surface area contributed by atoms with Crippen LogP contribution >= 0.6 is 0 Å². The van der Waals surface area contributed by atoms with Crippen LogP contribution in [0.1, 0.15) is 38.7 Å². The summed E-state index contributed by atoms with van der Waals surface area (Å²) in [7, 11) is 0. The third-order valence-corrected chi connectivity index (χ3v) is 7.89. The first-order chi connectivity index (χ1) is 21.9. The highest BCUT2D eigenvalue weighted by molar-refractivity contribution is 5.94. The fourth-order valence-corrected chi connectivity index (χ4v) is 5.63. The summed E-state index contributed by atoms with van der Waals surface area (Å²) in [5.41, 5.74) is -2.23. The SMILES string of the molecule is O=C(c1cncc(OC[C@@H]2c3ccccc3CN2c2cn[nH]c(=O)c2C(F)(F)F)c1)N1CCN(c2ccc(C(F)(F)F)cn2)CC1. The van der Waals surface area contributed by atoms with Gasteiger partial charge in [0.05, 0.1) is 35.2 Å². The van der Waals surface area contributed by atoms with Gasteiger partial charge < -0.3 is 19.4 Å². The first-order valence-electron chi connectivity index (χ1n) is 14.0. The molecule has 1 amide bonds. The molecule has 0 radical (unpaired) electrons. The number of amides is 1. The molecular formula is C30H25F6N7O3. The van der Waals surface area contributed by atoms with Crippen LogP contribution in [-0.4, -0.2) is 63.8 Å². The van der Waals surface area contributed by atoms with Crippen molar-refractivity contribution in [1.82, 2.24) is 25.1 Å². The molecule has 46 heavy (non-hydrogen) atoms. The maximum absolute atomic E-state index is 13.9. The first-order valence-corrected chi connectivity index (χ1v) is 14.0. The predicted octanol–water partition coefficient (Wildman–Crippen LogP) is 4.70. The van der Waals surface area contributed by atoms with Gasteiger partial charge in [-0.1, -0.05) is 24.3 Å². The van der Waals surface area contributed by atoms with Crippen LogP contribution in [-0.2, 0) is 18.9 Å². The number of halogens is 6. The van der Waals surface area contributed by atoms with Crippen molar-refractivity contribution in [3.8, 4) is 5.75 Å². The molecule has 0 aliphatic carbocycles. The molecule has 1 fully saturated rings. The Morgan fingerprint density at radius 2 is 1.70 bits per heavy atom. The Labute approximate surface area is 257 Å². The largest absolute Gasteiger partial charge is 0.489 e. The molecule has 6 rings (SSSR count). The summed E-state index contributed by atoms with van der Waals surface area (Å²) in [6.07, 6.45) is -4.92. The smallest absolute Gasteiger partial charge is 0.423 e. The molecule has 2 aliphatic rings. The number of hydrogen-bond acceptors (Lipinski definition) is 8. The number of aromatic nitrogens is 4. The van der Waals surface area contributed by atoms with E-state index < -0.39 is 35.1 Å². The Kier molecular flexibility index (Phi) is 8.04. The number of piperazine rings is 1. The van der Waals surface area contributed by atoms with E-state index in [-0.39, 0.29) is 49.1 Å². The number of pyridine rings is 2. The normalized spacial score (nSPS) is 16.8. The van der Waals surface area contributed by atoms with Crippen molar-refractivity contribution in [1.29, 1.82) is 0 Å². The van der Waals surface area contributed by atoms with Crippen LogP contribution in [0.25, 0.3) is 0 Å². The van der Waals surface area contributed by atoms with Gasteiger partial charge in [0.1, 0.15) is 23.7 Å². The molecule has 10 nitrogen and oxygen atoms in total. The van der Waals surface area contributed by atoms with Crippen molar-refractivity contribution >= 4 is 17.4 Å². The number of carbonyl (C=O) groups excluding carboxylic acids is 1. The number of fused-ring (bicyclic) bond motifs is 1. The van der Waals surface area contributed by atoms with Gasteiger partial charge in [-0.05, 0) is 29.3 Å². The van der Waals surface area contributed by atoms with Crippen molar-refractivity contribution in [2.45, 2.75) is 24.9 Å². The third kappa shape index (κ3) is 6.19. The molecule has 3 aromatic heterocycles. The number of nitrogens with zero attached hydrogens (tertiary/aromatic N) is 6. The zero-order chi connectivity index (χ0) is 32.6. The van der Waals surface area contributed by atoms with E-state index in [0.29, 0.717) is 18.9 Å². The number of hydrogen-bond donors (Lipinski definition) is 1. The Hall–Kier alpha value is -5.15. The van der Waals surface area contributed by atoms with Crippen molar-refractivity contribution < 1.29 is 35.9 Å². The Balaban J connectivity index is 1.14. The zero-order valence-corrected chi connectivity index (χ0v) is 23.8. The fourth-order valence-electron chi connectivity index (χ4n) is 5.63. The summed E-state index contributed by atoms with van der Waals surface area (Å²) in [6, 6.07) is 10.1. The molecular weight excluding hydrogens is 620 g/mol. The van der Waals surface area contributed by atoms with Gasteiger partial charge in [0.25, 0.3) is 11.5 Å². The minimum atomic E-state index is -4.93. The van der Waals surface area contributed by atoms with E-state index in [2.05, 4.69) is 15.1 Å². The Bertz CT molecular complexity index is 1790. The number of rotatable bonds is 6. The summed E-state index contributed by atoms with van der Waals surface area (Å²) in [6.45, 7) is 1.23. The maximum Gasteiger partial charge on any atom is 0.423 e. The second-order valence-corrected chi connectivity index (χ2v) is 10.7. The molecule has 240 valence electrons. The van der Waals surface area contributed by atoms with Gasteiger partial charge in [0.2, 0.25) is 0 Å². The van der Waals surface area contributed by atoms with Crippen LogP contribution in [0.3, 0.4) is 0 Å². The van der Waals surface area contributed by atoms with E-state index in [4.69, 9.17) is 4.74 Å². The van der Waals surface area contributed by atoms with Crippen molar-refractivity contribution in [2.24, 2.45) is 0 Å². The van der Waals surface area contributed by atoms with E-state index in [0.717, 1.165) is 29.6 Å². The maximum atomic E-state index is 13.9. The lowest BCUT2D eigenvalue weighted by Gasteiger charge is -2.35. The summed E-state index contributed by atoms with van der Waals surface area (Å²) in [5.74, 6) is 0.246. The van der Waals surface area contributed by atoms with E-state index in [1.54, 1.807) is 34.1 Å². The molecule has 2 aliphatic heterocycles. The van der Waals surface area contributed by atoms with E-state index >= 15 is 0 Å². The van der Waals surface area contributed by atoms with E-state index in [1.165, 1.54) is 29.4 Å². The van der Waals surface area contributed by atoms with Crippen LogP contribution in [0.15, 0.2) is 72.0 Å². The van der Waals surface area contributed by atoms with E-state index in [9.17, 15) is 35.9 Å². The second kappa shape index (κ2) is 12.0. The molecule has 1 atom stereocenters. The Morgan fingerprint density at radius 3 is 2.39 bits per heavy atom. The molecule has 4 aromatic rings. The van der Waals surface area contributed by atoms with Gasteiger partial charge in [-0.15, -0.1) is 0 Å². The molecule has 0 saturated carbocycles. The van der Waals surface area contributed by atoms with Gasteiger partial charge in [0.15, 0.2) is 0 Å². The average Bonchev–Trinajstić information content (AvgIpc) is 3.41. The van der Waals surface area contributed by atoms with Gasteiger partial charge in [-0.2, -0.15) is 31.4 Å². The highest BCUT2D eigenvalue weighted by Crippen LogP contribution is 2.42. The highest BCUT2D eigenvalue weighted by Gasteiger charge is 2.42. The molecule has 0 spiro atoms. The molecule has 16 heteroatoms. The van der Waals surface area contributed by atoms with Crippen LogP contribution in [0.2, 0.25) is 0 Å². The van der Waals surface area contributed by atoms with Crippen LogP contribution in [0.5, 0.6) is 5.75 Å². The predicted molar refractivity (Wildman–Crippen MR) is 152 cm³/mol. The van der Waals surface area contributed by atoms with Gasteiger partial charge in [0, 0.05) is 45.1 Å². The first kappa shape index (κ1) is 30.9. The van der Waals surface area contributed by atoms with Gasteiger partial charge in [-0.25, -0.2) is 10.1 Å². The number of carbonyl (C=O) groups is 1. The lowest BCUT2D eigenvalue weighted by Crippen LogP contribution is -2.49. The lowest BCUT2D eigenvalue weighted by molar-refractivity contribution is -0.139. The molecule has 0 unspecified atom stereocenters. The number of anilines is 2. The molecule has 0 bridgehead atoms. The molecule has 1 aromatic carbocycles. The number of benzene rings is 1. The van der Waals surface area contributed by atoms with Crippen molar-refractivity contribution in [3.05, 3.63) is 105 Å². The monoisotopic (exact) mass is 645 g/mol. The lowest BCUT2D eigenvalue weighted by atomic mass is 10.1. The second-order valence-electron chi connectivity index (χ2n) is 10.7. The quantitative estimate of drug-likeness (QED) is 0.301. The van der Waals surface area contributed by atoms with Gasteiger partial charge in [-0.3, -0.25) is 14.6 Å². The minimum absolute atomic E-state index is 0.0865. The molecule has 1 saturated heterocycles. The van der Waals surface area contributed by atoms with Crippen molar-refractivity contribution in [2.75, 3.05) is 42.6 Å². The highest BCUT2D eigenvalue weighted by atomic mass is 19.4. The van der Waals surface area contributed by atoms with Crippen molar-refractivity contribution in [3.63, 3.8) is 0 Å². The number of H-pyrrole nitrogens is 1. The number of nitrogens with one attached hydrogen (secondary N) is 1. The molecule has 5 heterocycles. The fraction of sp³-hybridized carbons (Fsp3) is 0.300. The number of alkyl halides is 6.